The Morgan fingerprint density at radius 3 is 2.40 bits per heavy atom. The molecule has 0 fully saturated rings. The first-order valence-electron chi connectivity index (χ1n) is 5.55. The lowest BCUT2D eigenvalue weighted by Gasteiger charge is -2.09. The first-order chi connectivity index (χ1) is 9.44. The van der Waals surface area contributed by atoms with Gasteiger partial charge in [-0.1, -0.05) is 17.7 Å². The van der Waals surface area contributed by atoms with Gasteiger partial charge in [-0.25, -0.2) is 12.8 Å². The number of hydrogen-bond donors (Lipinski definition) is 1. The minimum Gasteiger partial charge on any atom is -0.280 e. The minimum absolute atomic E-state index is 0.231. The summed E-state index contributed by atoms with van der Waals surface area (Å²) in [5.74, 6) is -0.956. The summed E-state index contributed by atoms with van der Waals surface area (Å²) in [4.78, 5) is 0.529. The molecule has 2 aromatic carbocycles. The molecule has 0 amide bonds. The molecule has 2 rings (SSSR count). The number of halogens is 2. The maximum absolute atomic E-state index is 13.8. The average molecular weight is 332 g/mol. The number of hydrogen-bond acceptors (Lipinski definition) is 3. The van der Waals surface area contributed by atoms with Crippen LogP contribution >= 0.6 is 23.4 Å². The number of nitrogens with one attached hydrogen (secondary N) is 1. The molecule has 0 aromatic heterocycles. The molecule has 106 valence electrons. The smallest absolute Gasteiger partial charge is 0.264 e. The van der Waals surface area contributed by atoms with Crippen LogP contribution in [0, 0.1) is 5.82 Å². The molecule has 0 atom stereocenters. The highest BCUT2D eigenvalue weighted by molar-refractivity contribution is 7.98. The Morgan fingerprint density at radius 2 is 1.80 bits per heavy atom. The van der Waals surface area contributed by atoms with E-state index in [1.807, 2.05) is 6.26 Å². The zero-order valence-corrected chi connectivity index (χ0v) is 12.8. The highest BCUT2D eigenvalue weighted by Crippen LogP contribution is 2.25. The number of anilines is 1. The Hall–Kier alpha value is -1.24. The fourth-order valence-corrected chi connectivity index (χ4v) is 3.36. The van der Waals surface area contributed by atoms with Gasteiger partial charge in [-0.3, -0.25) is 4.72 Å². The molecule has 0 unspecified atom stereocenters. The summed E-state index contributed by atoms with van der Waals surface area (Å²) in [6.45, 7) is 0. The van der Waals surface area contributed by atoms with Crippen molar-refractivity contribution in [1.29, 1.82) is 0 Å². The quantitative estimate of drug-likeness (QED) is 0.861. The SMILES string of the molecule is CSc1ccc(NS(=O)(=O)c2cccc(Cl)c2F)cc1. The fourth-order valence-electron chi connectivity index (χ4n) is 1.56. The third-order valence-corrected chi connectivity index (χ3v) is 4.98. The van der Waals surface area contributed by atoms with E-state index in [2.05, 4.69) is 4.72 Å². The van der Waals surface area contributed by atoms with E-state index in [0.29, 0.717) is 5.69 Å². The zero-order chi connectivity index (χ0) is 14.8. The Balaban J connectivity index is 2.33. The summed E-state index contributed by atoms with van der Waals surface area (Å²) >= 11 is 7.13. The fraction of sp³-hybridized carbons (Fsp3) is 0.0769. The van der Waals surface area contributed by atoms with Crippen molar-refractivity contribution in [1.82, 2.24) is 0 Å². The molecule has 0 radical (unpaired) electrons. The van der Waals surface area contributed by atoms with Crippen LogP contribution < -0.4 is 4.72 Å². The number of sulfonamides is 1. The van der Waals surface area contributed by atoms with Crippen LogP contribution in [0.2, 0.25) is 5.02 Å². The molecule has 0 spiro atoms. The predicted molar refractivity (Wildman–Crippen MR) is 80.4 cm³/mol. The maximum Gasteiger partial charge on any atom is 0.264 e. The first kappa shape index (κ1) is 15.2. The molecule has 0 aliphatic heterocycles. The Labute approximate surface area is 126 Å². The van der Waals surface area contributed by atoms with E-state index in [0.717, 1.165) is 4.90 Å². The van der Waals surface area contributed by atoms with Crippen molar-refractivity contribution in [2.45, 2.75) is 9.79 Å². The molecule has 1 N–H and O–H groups in total. The Morgan fingerprint density at radius 1 is 1.15 bits per heavy atom. The normalized spacial score (nSPS) is 11.3. The van der Waals surface area contributed by atoms with E-state index >= 15 is 0 Å². The van der Waals surface area contributed by atoms with Crippen molar-refractivity contribution in [3.8, 4) is 0 Å². The van der Waals surface area contributed by atoms with Gasteiger partial charge in [-0.05, 0) is 42.7 Å². The Kier molecular flexibility index (Phi) is 4.57. The van der Waals surface area contributed by atoms with E-state index in [4.69, 9.17) is 11.6 Å². The van der Waals surface area contributed by atoms with Crippen LogP contribution in [0.25, 0.3) is 0 Å². The first-order valence-corrected chi connectivity index (χ1v) is 8.63. The lowest BCUT2D eigenvalue weighted by atomic mass is 10.3. The second-order valence-corrected chi connectivity index (χ2v) is 6.82. The highest BCUT2D eigenvalue weighted by Gasteiger charge is 2.20. The summed E-state index contributed by atoms with van der Waals surface area (Å²) in [6, 6.07) is 10.6. The van der Waals surface area contributed by atoms with Crippen molar-refractivity contribution in [3.63, 3.8) is 0 Å². The predicted octanol–water partition coefficient (Wildman–Crippen LogP) is 4.00. The highest BCUT2D eigenvalue weighted by atomic mass is 35.5. The molecular weight excluding hydrogens is 321 g/mol. The molecule has 20 heavy (non-hydrogen) atoms. The van der Waals surface area contributed by atoms with E-state index in [1.54, 1.807) is 36.0 Å². The summed E-state index contributed by atoms with van der Waals surface area (Å²) < 4.78 is 40.3. The van der Waals surface area contributed by atoms with Gasteiger partial charge in [0.25, 0.3) is 10.0 Å². The van der Waals surface area contributed by atoms with Gasteiger partial charge in [-0.15, -0.1) is 11.8 Å². The van der Waals surface area contributed by atoms with Crippen molar-refractivity contribution < 1.29 is 12.8 Å². The largest absolute Gasteiger partial charge is 0.280 e. The zero-order valence-electron chi connectivity index (χ0n) is 10.4. The van der Waals surface area contributed by atoms with Gasteiger partial charge >= 0.3 is 0 Å². The van der Waals surface area contributed by atoms with Gasteiger partial charge in [0.05, 0.1) is 5.02 Å². The van der Waals surface area contributed by atoms with Gasteiger partial charge < -0.3 is 0 Å². The standard InChI is InChI=1S/C13H11ClFNO2S2/c1-19-10-7-5-9(6-8-10)16-20(17,18)12-4-2-3-11(14)13(12)15/h2-8,16H,1H3. The van der Waals surface area contributed by atoms with Crippen LogP contribution in [0.3, 0.4) is 0 Å². The monoisotopic (exact) mass is 331 g/mol. The summed E-state index contributed by atoms with van der Waals surface area (Å²) in [6.07, 6.45) is 1.92. The van der Waals surface area contributed by atoms with E-state index in [-0.39, 0.29) is 5.02 Å². The van der Waals surface area contributed by atoms with Gasteiger partial charge in [0.2, 0.25) is 0 Å². The van der Waals surface area contributed by atoms with Gasteiger partial charge in [0, 0.05) is 10.6 Å². The van der Waals surface area contributed by atoms with Gasteiger partial charge in [0.15, 0.2) is 5.82 Å². The number of thioether (sulfide) groups is 1. The van der Waals surface area contributed by atoms with Crippen molar-refractivity contribution in [2.75, 3.05) is 11.0 Å². The molecule has 0 bridgehead atoms. The van der Waals surface area contributed by atoms with Crippen LogP contribution in [0.1, 0.15) is 0 Å². The second kappa shape index (κ2) is 6.03. The molecule has 0 saturated carbocycles. The maximum atomic E-state index is 13.8. The van der Waals surface area contributed by atoms with Crippen LogP contribution in [-0.4, -0.2) is 14.7 Å². The van der Waals surface area contributed by atoms with Gasteiger partial charge in [0.1, 0.15) is 4.90 Å². The topological polar surface area (TPSA) is 46.2 Å². The summed E-state index contributed by atoms with van der Waals surface area (Å²) in [7, 11) is -4.00. The minimum atomic E-state index is -4.00. The van der Waals surface area contributed by atoms with Crippen LogP contribution in [0.15, 0.2) is 52.3 Å². The molecule has 2 aromatic rings. The van der Waals surface area contributed by atoms with Crippen LogP contribution in [0.4, 0.5) is 10.1 Å². The van der Waals surface area contributed by atoms with Crippen molar-refractivity contribution in [3.05, 3.63) is 53.3 Å². The third kappa shape index (κ3) is 3.26. The molecule has 0 saturated heterocycles. The molecular formula is C13H11ClFNO2S2. The van der Waals surface area contributed by atoms with Crippen LogP contribution in [0.5, 0.6) is 0 Å². The van der Waals surface area contributed by atoms with E-state index < -0.39 is 20.7 Å². The molecule has 0 aliphatic rings. The molecule has 0 heterocycles. The van der Waals surface area contributed by atoms with E-state index in [1.165, 1.54) is 18.2 Å². The summed E-state index contributed by atoms with van der Waals surface area (Å²) in [5.41, 5.74) is 0.363. The molecule has 0 aliphatic carbocycles. The average Bonchev–Trinajstić information content (AvgIpc) is 2.42. The lowest BCUT2D eigenvalue weighted by molar-refractivity contribution is 0.570. The number of rotatable bonds is 4. The van der Waals surface area contributed by atoms with Crippen molar-refractivity contribution >= 4 is 39.1 Å². The van der Waals surface area contributed by atoms with Crippen molar-refractivity contribution in [2.24, 2.45) is 0 Å². The van der Waals surface area contributed by atoms with Crippen LogP contribution in [-0.2, 0) is 10.0 Å². The number of benzene rings is 2. The molecule has 3 nitrogen and oxygen atoms in total. The third-order valence-electron chi connectivity index (χ3n) is 2.55. The summed E-state index contributed by atoms with van der Waals surface area (Å²) in [5, 5.41) is -0.231. The molecule has 7 heteroatoms. The second-order valence-electron chi connectivity index (χ2n) is 3.89. The lowest BCUT2D eigenvalue weighted by Crippen LogP contribution is -2.14. The van der Waals surface area contributed by atoms with Gasteiger partial charge in [-0.2, -0.15) is 0 Å². The van der Waals surface area contributed by atoms with E-state index in [9.17, 15) is 12.8 Å². The Bertz CT molecular complexity index is 718.